The molecule has 1 rings (SSSR count). The summed E-state index contributed by atoms with van der Waals surface area (Å²) in [7, 11) is 1.21. The van der Waals surface area contributed by atoms with Gasteiger partial charge in [0, 0.05) is 0 Å². The minimum atomic E-state index is -0.697. The smallest absolute Gasteiger partial charge is 0.340 e. The van der Waals surface area contributed by atoms with Crippen molar-refractivity contribution < 1.29 is 18.8 Å². The van der Waals surface area contributed by atoms with E-state index in [9.17, 15) is 9.18 Å². The van der Waals surface area contributed by atoms with E-state index >= 15 is 0 Å². The van der Waals surface area contributed by atoms with Gasteiger partial charge >= 0.3 is 5.97 Å². The maximum absolute atomic E-state index is 13.5. The van der Waals surface area contributed by atoms with E-state index in [-0.39, 0.29) is 12.2 Å². The van der Waals surface area contributed by atoms with Crippen molar-refractivity contribution in [3.63, 3.8) is 0 Å². The highest BCUT2D eigenvalue weighted by atomic mass is 19.1. The molecule has 0 heterocycles. The summed E-state index contributed by atoms with van der Waals surface area (Å²) in [6.45, 7) is 3.74. The van der Waals surface area contributed by atoms with Gasteiger partial charge in [-0.3, -0.25) is 0 Å². The van der Waals surface area contributed by atoms with Gasteiger partial charge in [-0.25, -0.2) is 9.18 Å². The first-order valence-corrected chi connectivity index (χ1v) is 5.04. The molecule has 0 amide bonds. The van der Waals surface area contributed by atoms with E-state index in [2.05, 4.69) is 9.89 Å². The number of hydrogen-bond donors (Lipinski definition) is 0. The third-order valence-electron chi connectivity index (χ3n) is 1.92. The number of oxime groups is 1. The van der Waals surface area contributed by atoms with Crippen LogP contribution < -0.4 is 0 Å². The summed E-state index contributed by atoms with van der Waals surface area (Å²) in [5, 5.41) is 3.73. The Labute approximate surface area is 99.0 Å². The Morgan fingerprint density at radius 1 is 1.41 bits per heavy atom. The average Bonchev–Trinajstić information content (AvgIpc) is 2.28. The van der Waals surface area contributed by atoms with Crippen LogP contribution in [-0.4, -0.2) is 18.8 Å². The van der Waals surface area contributed by atoms with Crippen molar-refractivity contribution in [2.24, 2.45) is 5.16 Å². The van der Waals surface area contributed by atoms with Crippen LogP contribution in [0.4, 0.5) is 4.39 Å². The summed E-state index contributed by atoms with van der Waals surface area (Å²) >= 11 is 0. The number of rotatable bonds is 4. The maximum atomic E-state index is 13.5. The fourth-order valence-electron chi connectivity index (χ4n) is 1.16. The van der Waals surface area contributed by atoms with Crippen molar-refractivity contribution in [1.29, 1.82) is 0 Å². The summed E-state index contributed by atoms with van der Waals surface area (Å²) in [4.78, 5) is 16.1. The third kappa shape index (κ3) is 3.86. The molecule has 0 aromatic heterocycles. The molecule has 0 saturated heterocycles. The lowest BCUT2D eigenvalue weighted by molar-refractivity contribution is 0.0595. The Morgan fingerprint density at radius 3 is 2.65 bits per heavy atom. The molecule has 5 heteroatoms. The second-order valence-corrected chi connectivity index (χ2v) is 3.62. The van der Waals surface area contributed by atoms with E-state index in [4.69, 9.17) is 4.84 Å². The molecule has 0 unspecified atom stereocenters. The molecule has 4 nitrogen and oxygen atoms in total. The van der Waals surface area contributed by atoms with Gasteiger partial charge in [-0.05, 0) is 31.5 Å². The summed E-state index contributed by atoms with van der Waals surface area (Å²) in [6, 6.07) is 4.19. The van der Waals surface area contributed by atoms with Gasteiger partial charge in [-0.2, -0.15) is 0 Å². The first-order chi connectivity index (χ1) is 8.04. The van der Waals surface area contributed by atoms with Gasteiger partial charge in [-0.1, -0.05) is 11.2 Å². The lowest BCUT2D eigenvalue weighted by Crippen LogP contribution is -2.05. The molecule has 92 valence electrons. The predicted octanol–water partition coefficient (Wildman–Crippen LogP) is 2.52. The Kier molecular flexibility index (Phi) is 4.63. The number of carbonyl (C=O) groups is 1. The first-order valence-electron chi connectivity index (χ1n) is 5.04. The molecule has 0 fully saturated rings. The Bertz CT molecular complexity index is 439. The minimum absolute atomic E-state index is 0.0913. The van der Waals surface area contributed by atoms with Crippen molar-refractivity contribution in [1.82, 2.24) is 0 Å². The monoisotopic (exact) mass is 239 g/mol. The summed E-state index contributed by atoms with van der Waals surface area (Å²) in [6.07, 6.45) is 0. The van der Waals surface area contributed by atoms with Crippen molar-refractivity contribution in [3.05, 3.63) is 35.1 Å². The summed E-state index contributed by atoms with van der Waals surface area (Å²) in [5.74, 6) is -1.33. The standard InChI is InChI=1S/C12H14FNO3/c1-8(2)14-17-7-9-4-5-10(11(13)6-9)12(15)16-3/h4-6H,7H2,1-3H3. The van der Waals surface area contributed by atoms with Crippen LogP contribution in [0, 0.1) is 5.82 Å². The van der Waals surface area contributed by atoms with Crippen molar-refractivity contribution in [2.75, 3.05) is 7.11 Å². The van der Waals surface area contributed by atoms with Crippen LogP contribution in [-0.2, 0) is 16.2 Å². The molecule has 17 heavy (non-hydrogen) atoms. The number of benzene rings is 1. The molecule has 0 aliphatic rings. The Morgan fingerprint density at radius 2 is 2.12 bits per heavy atom. The molecule has 0 aliphatic heterocycles. The van der Waals surface area contributed by atoms with Gasteiger partial charge in [0.05, 0.1) is 18.4 Å². The number of ether oxygens (including phenoxy) is 1. The average molecular weight is 239 g/mol. The maximum Gasteiger partial charge on any atom is 0.340 e. The van der Waals surface area contributed by atoms with Crippen LogP contribution in [0.25, 0.3) is 0 Å². The topological polar surface area (TPSA) is 47.9 Å². The number of nitrogens with zero attached hydrogens (tertiary/aromatic N) is 1. The minimum Gasteiger partial charge on any atom is -0.465 e. The van der Waals surface area contributed by atoms with Crippen LogP contribution in [0.3, 0.4) is 0 Å². The molecular formula is C12H14FNO3. The van der Waals surface area contributed by atoms with Gasteiger partial charge in [0.1, 0.15) is 12.4 Å². The van der Waals surface area contributed by atoms with E-state index in [1.807, 2.05) is 0 Å². The van der Waals surface area contributed by atoms with Gasteiger partial charge in [0.2, 0.25) is 0 Å². The fraction of sp³-hybridized carbons (Fsp3) is 0.333. The van der Waals surface area contributed by atoms with Gasteiger partial charge in [0.25, 0.3) is 0 Å². The first kappa shape index (κ1) is 13.2. The van der Waals surface area contributed by atoms with E-state index in [1.165, 1.54) is 19.2 Å². The number of methoxy groups -OCH3 is 1. The SMILES string of the molecule is COC(=O)c1ccc(CON=C(C)C)cc1F. The zero-order valence-electron chi connectivity index (χ0n) is 9.99. The molecule has 1 aromatic carbocycles. The van der Waals surface area contributed by atoms with Crippen LogP contribution in [0.5, 0.6) is 0 Å². The van der Waals surface area contributed by atoms with Crippen LogP contribution in [0.2, 0.25) is 0 Å². The Hall–Kier alpha value is -1.91. The second-order valence-electron chi connectivity index (χ2n) is 3.62. The van der Waals surface area contributed by atoms with Crippen molar-refractivity contribution in [3.8, 4) is 0 Å². The molecule has 0 spiro atoms. The van der Waals surface area contributed by atoms with Crippen LogP contribution in [0.1, 0.15) is 29.8 Å². The highest BCUT2D eigenvalue weighted by Crippen LogP contribution is 2.12. The molecule has 0 bridgehead atoms. The molecule has 0 aliphatic carbocycles. The number of halogens is 1. The lowest BCUT2D eigenvalue weighted by atomic mass is 10.1. The largest absolute Gasteiger partial charge is 0.465 e. The summed E-state index contributed by atoms with van der Waals surface area (Å²) < 4.78 is 17.9. The third-order valence-corrected chi connectivity index (χ3v) is 1.92. The van der Waals surface area contributed by atoms with Crippen molar-refractivity contribution >= 4 is 11.7 Å². The van der Waals surface area contributed by atoms with Crippen LogP contribution in [0.15, 0.2) is 23.4 Å². The zero-order valence-corrected chi connectivity index (χ0v) is 9.99. The molecule has 0 saturated carbocycles. The van der Waals surface area contributed by atoms with E-state index in [0.717, 1.165) is 5.71 Å². The van der Waals surface area contributed by atoms with Crippen molar-refractivity contribution in [2.45, 2.75) is 20.5 Å². The van der Waals surface area contributed by atoms with E-state index in [1.54, 1.807) is 19.9 Å². The summed E-state index contributed by atoms with van der Waals surface area (Å²) in [5.41, 5.74) is 1.28. The van der Waals surface area contributed by atoms with Gasteiger partial charge in [0.15, 0.2) is 0 Å². The highest BCUT2D eigenvalue weighted by molar-refractivity contribution is 5.89. The molecule has 0 atom stereocenters. The van der Waals surface area contributed by atoms with E-state index < -0.39 is 11.8 Å². The zero-order chi connectivity index (χ0) is 12.8. The molecular weight excluding hydrogens is 225 g/mol. The lowest BCUT2D eigenvalue weighted by Gasteiger charge is -2.04. The molecule has 0 N–H and O–H groups in total. The molecule has 1 aromatic rings. The fourth-order valence-corrected chi connectivity index (χ4v) is 1.16. The highest BCUT2D eigenvalue weighted by Gasteiger charge is 2.12. The van der Waals surface area contributed by atoms with E-state index in [0.29, 0.717) is 5.56 Å². The van der Waals surface area contributed by atoms with Crippen LogP contribution >= 0.6 is 0 Å². The second kappa shape index (κ2) is 5.98. The number of hydrogen-bond acceptors (Lipinski definition) is 4. The predicted molar refractivity (Wildman–Crippen MR) is 61.3 cm³/mol. The normalized spacial score (nSPS) is 9.65. The number of esters is 1. The quantitative estimate of drug-likeness (QED) is 0.461. The Balaban J connectivity index is 2.75. The van der Waals surface area contributed by atoms with Gasteiger partial charge < -0.3 is 9.57 Å². The molecule has 0 radical (unpaired) electrons. The number of carbonyl (C=O) groups excluding carboxylic acids is 1. The van der Waals surface area contributed by atoms with Gasteiger partial charge in [-0.15, -0.1) is 0 Å².